The summed E-state index contributed by atoms with van der Waals surface area (Å²) in [5.74, 6) is -1.83. The van der Waals surface area contributed by atoms with Crippen molar-refractivity contribution in [3.05, 3.63) is 58.3 Å². The van der Waals surface area contributed by atoms with E-state index in [1.165, 1.54) is 12.1 Å². The van der Waals surface area contributed by atoms with Gasteiger partial charge in [0.25, 0.3) is 0 Å². The van der Waals surface area contributed by atoms with Crippen molar-refractivity contribution < 1.29 is 28.6 Å². The van der Waals surface area contributed by atoms with Gasteiger partial charge in [0.05, 0.1) is 12.4 Å². The average molecular weight is 500 g/mol. The molecular formula is C21H23BrFNO5S. The Morgan fingerprint density at radius 3 is 2.50 bits per heavy atom. The lowest BCUT2D eigenvalue weighted by Crippen LogP contribution is -2.30. The lowest BCUT2D eigenvalue weighted by Gasteiger charge is -2.34. The molecule has 9 heteroatoms. The second-order valence-corrected chi connectivity index (χ2v) is 8.48. The number of halogens is 2. The summed E-state index contributed by atoms with van der Waals surface area (Å²) in [5, 5.41) is 12.1. The molecule has 2 aromatic carbocycles. The van der Waals surface area contributed by atoms with Crippen LogP contribution in [-0.4, -0.2) is 29.5 Å². The van der Waals surface area contributed by atoms with Crippen LogP contribution >= 0.6 is 28.6 Å². The number of carbonyl (C=O) groups excluding carboxylic acids is 2. The van der Waals surface area contributed by atoms with E-state index >= 15 is 0 Å². The summed E-state index contributed by atoms with van der Waals surface area (Å²) in [6, 6.07) is 10.7. The summed E-state index contributed by atoms with van der Waals surface area (Å²) in [6.45, 7) is 3.70. The van der Waals surface area contributed by atoms with Crippen molar-refractivity contribution in [2.45, 2.75) is 26.4 Å². The predicted octanol–water partition coefficient (Wildman–Crippen LogP) is 5.47. The van der Waals surface area contributed by atoms with Crippen LogP contribution in [0.5, 0.6) is 5.75 Å². The van der Waals surface area contributed by atoms with Gasteiger partial charge in [-0.25, -0.2) is 9.18 Å². The topological polar surface area (TPSA) is 84.9 Å². The zero-order chi connectivity index (χ0) is 22.3. The highest BCUT2D eigenvalue weighted by atomic mass is 79.9. The molecule has 0 bridgehead atoms. The van der Waals surface area contributed by atoms with Gasteiger partial charge in [-0.3, -0.25) is 10.1 Å². The van der Waals surface area contributed by atoms with Gasteiger partial charge in [-0.05, 0) is 48.4 Å². The molecule has 1 amide bonds. The Morgan fingerprint density at radius 1 is 1.23 bits per heavy atom. The quantitative estimate of drug-likeness (QED) is 0.331. The lowest BCUT2D eigenvalue weighted by atomic mass is 9.80. The Kier molecular flexibility index (Phi) is 8.54. The van der Waals surface area contributed by atoms with Gasteiger partial charge in [0.2, 0.25) is 0 Å². The molecule has 0 fully saturated rings. The minimum absolute atomic E-state index is 0.0425. The summed E-state index contributed by atoms with van der Waals surface area (Å²) in [7, 11) is 0. The fourth-order valence-corrected chi connectivity index (χ4v) is 3.11. The Morgan fingerprint density at radius 2 is 1.90 bits per heavy atom. The lowest BCUT2D eigenvalue weighted by molar-refractivity contribution is -0.141. The third kappa shape index (κ3) is 6.91. The van der Waals surface area contributed by atoms with Gasteiger partial charge in [-0.2, -0.15) is 12.6 Å². The number of rotatable bonds is 8. The van der Waals surface area contributed by atoms with Crippen molar-refractivity contribution in [2.24, 2.45) is 5.41 Å². The Bertz CT molecular complexity index is 891. The van der Waals surface area contributed by atoms with Crippen LogP contribution in [0.1, 0.15) is 31.9 Å². The molecule has 162 valence electrons. The van der Waals surface area contributed by atoms with Gasteiger partial charge in [0.15, 0.2) is 11.6 Å². The fraction of sp³-hybridized carbons (Fsp3) is 0.333. The van der Waals surface area contributed by atoms with Crippen LogP contribution in [-0.2, 0) is 14.3 Å². The number of thiol groups is 1. The molecule has 2 aromatic rings. The molecule has 0 saturated heterocycles. The third-order valence-electron chi connectivity index (χ3n) is 4.44. The maximum absolute atomic E-state index is 14.0. The van der Waals surface area contributed by atoms with Crippen molar-refractivity contribution in [3.8, 4) is 5.75 Å². The van der Waals surface area contributed by atoms with E-state index in [4.69, 9.17) is 9.47 Å². The number of benzene rings is 2. The van der Waals surface area contributed by atoms with Gasteiger partial charge in [-0.15, -0.1) is 0 Å². The maximum atomic E-state index is 14.0. The first-order chi connectivity index (χ1) is 14.1. The second-order valence-electron chi connectivity index (χ2n) is 7.25. The van der Waals surface area contributed by atoms with Crippen LogP contribution < -0.4 is 5.32 Å². The van der Waals surface area contributed by atoms with Crippen LogP contribution in [0.15, 0.2) is 46.9 Å². The normalized spacial score (nSPS) is 12.2. The number of phenolic OH excluding ortho intramolecular Hbond substituents is 1. The van der Waals surface area contributed by atoms with Crippen molar-refractivity contribution >= 4 is 46.3 Å². The van der Waals surface area contributed by atoms with Crippen molar-refractivity contribution in [1.82, 2.24) is 0 Å². The molecule has 0 heterocycles. The molecule has 0 unspecified atom stereocenters. The molecule has 0 spiro atoms. The van der Waals surface area contributed by atoms with Crippen molar-refractivity contribution in [2.75, 3.05) is 17.7 Å². The number of phenols is 1. The van der Waals surface area contributed by atoms with Crippen LogP contribution in [0.2, 0.25) is 0 Å². The molecule has 6 nitrogen and oxygen atoms in total. The molecule has 2 N–H and O–H groups in total. The minimum atomic E-state index is -0.877. The number of aromatic hydroxyl groups is 1. The van der Waals surface area contributed by atoms with Gasteiger partial charge < -0.3 is 14.6 Å². The van der Waals surface area contributed by atoms with Gasteiger partial charge in [-0.1, -0.05) is 35.8 Å². The SMILES string of the molecule is CC(C)(CCOC(=O)CS)[C@@H](OC(=O)Nc1ccc(Br)cc1)c1ccc(O)c(F)c1. The summed E-state index contributed by atoms with van der Waals surface area (Å²) in [6.07, 6.45) is -1.26. The van der Waals surface area contributed by atoms with E-state index < -0.39 is 35.1 Å². The smallest absolute Gasteiger partial charge is 0.412 e. The standard InChI is InChI=1S/C21H23BrFNO5S/c1-21(2,9-10-28-18(26)12-30)19(13-3-8-17(25)16(23)11-13)29-20(27)24-15-6-4-14(22)5-7-15/h3-8,11,19,25,30H,9-10,12H2,1-2H3,(H,24,27)/t19-/m0/s1. The second kappa shape index (κ2) is 10.7. The number of hydrogen-bond donors (Lipinski definition) is 3. The zero-order valence-corrected chi connectivity index (χ0v) is 19.0. The van der Waals surface area contributed by atoms with E-state index in [2.05, 4.69) is 33.9 Å². The van der Waals surface area contributed by atoms with E-state index in [1.54, 1.807) is 24.3 Å². The van der Waals surface area contributed by atoms with E-state index in [1.807, 2.05) is 13.8 Å². The number of anilines is 1. The molecule has 0 aliphatic carbocycles. The van der Waals surface area contributed by atoms with Crippen LogP contribution in [0, 0.1) is 11.2 Å². The highest BCUT2D eigenvalue weighted by molar-refractivity contribution is 9.10. The zero-order valence-electron chi connectivity index (χ0n) is 16.5. The van der Waals surface area contributed by atoms with E-state index in [9.17, 15) is 19.1 Å². The monoisotopic (exact) mass is 499 g/mol. The number of nitrogens with one attached hydrogen (secondary N) is 1. The molecule has 30 heavy (non-hydrogen) atoms. The number of carbonyl (C=O) groups is 2. The molecule has 0 aromatic heterocycles. The summed E-state index contributed by atoms with van der Waals surface area (Å²) >= 11 is 7.18. The molecule has 0 saturated carbocycles. The minimum Gasteiger partial charge on any atom is -0.505 e. The number of esters is 1. The van der Waals surface area contributed by atoms with Crippen molar-refractivity contribution in [1.29, 1.82) is 0 Å². The molecule has 1 atom stereocenters. The van der Waals surface area contributed by atoms with E-state index in [0.29, 0.717) is 17.7 Å². The first-order valence-electron chi connectivity index (χ1n) is 9.10. The fourth-order valence-electron chi connectivity index (χ4n) is 2.76. The maximum Gasteiger partial charge on any atom is 0.412 e. The molecular weight excluding hydrogens is 477 g/mol. The van der Waals surface area contributed by atoms with E-state index in [0.717, 1.165) is 10.5 Å². The number of ether oxygens (including phenoxy) is 2. The highest BCUT2D eigenvalue weighted by Crippen LogP contribution is 2.40. The summed E-state index contributed by atoms with van der Waals surface area (Å²) in [4.78, 5) is 23.9. The van der Waals surface area contributed by atoms with Crippen LogP contribution in [0.25, 0.3) is 0 Å². The largest absolute Gasteiger partial charge is 0.505 e. The van der Waals surface area contributed by atoms with Gasteiger partial charge in [0, 0.05) is 15.6 Å². The van der Waals surface area contributed by atoms with Gasteiger partial charge in [0.1, 0.15) is 6.10 Å². The van der Waals surface area contributed by atoms with E-state index in [-0.39, 0.29) is 12.4 Å². The molecule has 0 aliphatic rings. The predicted molar refractivity (Wildman–Crippen MR) is 118 cm³/mol. The van der Waals surface area contributed by atoms with Gasteiger partial charge >= 0.3 is 12.1 Å². The first kappa shape index (κ1) is 24.0. The molecule has 0 aliphatic heterocycles. The molecule has 2 rings (SSSR count). The first-order valence-corrected chi connectivity index (χ1v) is 10.5. The Labute approximate surface area is 188 Å². The number of amides is 1. The summed E-state index contributed by atoms with van der Waals surface area (Å²) in [5.41, 5.74) is 0.165. The highest BCUT2D eigenvalue weighted by Gasteiger charge is 2.35. The summed E-state index contributed by atoms with van der Waals surface area (Å²) < 4.78 is 25.5. The van der Waals surface area contributed by atoms with Crippen LogP contribution in [0.4, 0.5) is 14.9 Å². The Hall–Kier alpha value is -2.26. The molecule has 0 radical (unpaired) electrons. The van der Waals surface area contributed by atoms with Crippen LogP contribution in [0.3, 0.4) is 0 Å². The Balaban J connectivity index is 2.21. The average Bonchev–Trinajstić information content (AvgIpc) is 2.69. The van der Waals surface area contributed by atoms with Crippen molar-refractivity contribution in [3.63, 3.8) is 0 Å². The number of hydrogen-bond acceptors (Lipinski definition) is 6. The third-order valence-corrected chi connectivity index (χ3v) is 5.23.